The number of nitrogens with one attached hydrogen (secondary N) is 1. The summed E-state index contributed by atoms with van der Waals surface area (Å²) < 4.78 is 7.33. The van der Waals surface area contributed by atoms with Gasteiger partial charge in [0.15, 0.2) is 6.10 Å². The molecule has 1 aliphatic rings. The van der Waals surface area contributed by atoms with Crippen LogP contribution in [0.15, 0.2) is 36.7 Å². The van der Waals surface area contributed by atoms with Gasteiger partial charge < -0.3 is 15.0 Å². The minimum atomic E-state index is -0.569. The molecule has 0 bridgehead atoms. The predicted octanol–water partition coefficient (Wildman–Crippen LogP) is 2.51. The van der Waals surface area contributed by atoms with Crippen LogP contribution in [0.5, 0.6) is 5.75 Å². The maximum Gasteiger partial charge on any atom is 0.263 e. The third-order valence-electron chi connectivity index (χ3n) is 4.90. The number of ether oxygens (including phenoxy) is 1. The summed E-state index contributed by atoms with van der Waals surface area (Å²) in [6.07, 6.45) is 4.38. The molecule has 1 fully saturated rings. The summed E-state index contributed by atoms with van der Waals surface area (Å²) >= 11 is 5.95. The molecule has 0 aliphatic carbocycles. The van der Waals surface area contributed by atoms with E-state index in [4.69, 9.17) is 16.3 Å². The predicted molar refractivity (Wildman–Crippen MR) is 106 cm³/mol. The number of hydrogen-bond acceptors (Lipinski definition) is 4. The summed E-state index contributed by atoms with van der Waals surface area (Å²) in [7, 11) is 1.78. The summed E-state index contributed by atoms with van der Waals surface area (Å²) in [5.74, 6) is 0.795. The molecule has 1 saturated heterocycles. The highest BCUT2D eigenvalue weighted by atomic mass is 35.5. The Morgan fingerprint density at radius 2 is 2.11 bits per heavy atom. The summed E-state index contributed by atoms with van der Waals surface area (Å²) in [6.45, 7) is 3.68. The summed E-state index contributed by atoms with van der Waals surface area (Å²) in [6, 6.07) is 7.04. The van der Waals surface area contributed by atoms with Crippen LogP contribution < -0.4 is 10.1 Å². The van der Waals surface area contributed by atoms with Gasteiger partial charge in [0, 0.05) is 37.9 Å². The number of hydrogen-bond donors (Lipinski definition) is 1. The number of aryl methyl sites for hydroxylation is 1. The number of piperidine rings is 1. The van der Waals surface area contributed by atoms with E-state index in [1.807, 2.05) is 4.90 Å². The minimum absolute atomic E-state index is 0.0298. The number of halogens is 1. The number of likely N-dealkylation sites (tertiary alicyclic amines) is 1. The Morgan fingerprint density at radius 3 is 2.75 bits per heavy atom. The van der Waals surface area contributed by atoms with Crippen LogP contribution in [0.1, 0.15) is 30.1 Å². The van der Waals surface area contributed by atoms with Gasteiger partial charge in [-0.3, -0.25) is 14.3 Å². The topological polar surface area (TPSA) is 76.5 Å². The standard InChI is InChI=1S/C20H25ClN4O3/c1-14(28-18-5-3-4-17(21)10-18)20(27)25-8-6-15(7-9-25)11-22-19(26)16-12-23-24(2)13-16/h3-5,10,12-15H,6-9,11H2,1-2H3,(H,22,26). The number of carbonyl (C=O) groups is 2. The Bertz CT molecular complexity index is 830. The molecular formula is C20H25ClN4O3. The smallest absolute Gasteiger partial charge is 0.263 e. The number of aromatic nitrogens is 2. The molecule has 3 rings (SSSR count). The highest BCUT2D eigenvalue weighted by Crippen LogP contribution is 2.21. The van der Waals surface area contributed by atoms with Crippen LogP contribution in [0, 0.1) is 5.92 Å². The second-order valence-electron chi connectivity index (χ2n) is 7.10. The molecule has 2 heterocycles. The number of nitrogens with zero attached hydrogens (tertiary/aromatic N) is 3. The van der Waals surface area contributed by atoms with E-state index < -0.39 is 6.10 Å². The Balaban J connectivity index is 1.42. The molecule has 2 amide bonds. The van der Waals surface area contributed by atoms with Gasteiger partial charge in [0.25, 0.3) is 11.8 Å². The molecule has 1 N–H and O–H groups in total. The lowest BCUT2D eigenvalue weighted by atomic mass is 9.96. The van der Waals surface area contributed by atoms with Crippen LogP contribution >= 0.6 is 11.6 Å². The van der Waals surface area contributed by atoms with Gasteiger partial charge >= 0.3 is 0 Å². The van der Waals surface area contributed by atoms with Crippen LogP contribution in [0.25, 0.3) is 0 Å². The summed E-state index contributed by atoms with van der Waals surface area (Å²) in [4.78, 5) is 26.6. The third kappa shape index (κ3) is 5.25. The van der Waals surface area contributed by atoms with Crippen LogP contribution in [0.4, 0.5) is 0 Å². The maximum atomic E-state index is 12.6. The van der Waals surface area contributed by atoms with Crippen molar-refractivity contribution in [1.82, 2.24) is 20.0 Å². The summed E-state index contributed by atoms with van der Waals surface area (Å²) in [5.41, 5.74) is 0.558. The Hall–Kier alpha value is -2.54. The lowest BCUT2D eigenvalue weighted by Gasteiger charge is -2.33. The number of benzene rings is 1. The van der Waals surface area contributed by atoms with Crippen LogP contribution in [0.3, 0.4) is 0 Å². The first-order chi connectivity index (χ1) is 13.4. The van der Waals surface area contributed by atoms with Gasteiger partial charge in [-0.2, -0.15) is 5.10 Å². The molecule has 0 saturated carbocycles. The molecule has 0 spiro atoms. The molecule has 2 aromatic rings. The van der Waals surface area contributed by atoms with Crippen LogP contribution in [-0.2, 0) is 11.8 Å². The van der Waals surface area contributed by atoms with Crippen molar-refractivity contribution in [3.8, 4) is 5.75 Å². The van der Waals surface area contributed by atoms with Crippen LogP contribution in [0.2, 0.25) is 5.02 Å². The van der Waals surface area contributed by atoms with Gasteiger partial charge in [-0.25, -0.2) is 0 Å². The van der Waals surface area contributed by atoms with Gasteiger partial charge in [0.05, 0.1) is 11.8 Å². The molecule has 28 heavy (non-hydrogen) atoms. The zero-order valence-electron chi connectivity index (χ0n) is 16.1. The van der Waals surface area contributed by atoms with Crippen molar-refractivity contribution in [3.63, 3.8) is 0 Å². The van der Waals surface area contributed by atoms with Crippen LogP contribution in [-0.4, -0.2) is 52.2 Å². The molecular weight excluding hydrogens is 380 g/mol. The molecule has 1 aromatic heterocycles. The minimum Gasteiger partial charge on any atom is -0.481 e. The average molecular weight is 405 g/mol. The maximum absolute atomic E-state index is 12.6. The molecule has 150 valence electrons. The first-order valence-corrected chi connectivity index (χ1v) is 9.78. The number of carbonyl (C=O) groups excluding carboxylic acids is 2. The average Bonchev–Trinajstić information content (AvgIpc) is 3.12. The van der Waals surface area contributed by atoms with Crippen molar-refractivity contribution in [2.24, 2.45) is 13.0 Å². The zero-order chi connectivity index (χ0) is 20.1. The van der Waals surface area contributed by atoms with Crippen molar-refractivity contribution in [2.45, 2.75) is 25.9 Å². The van der Waals surface area contributed by atoms with Crippen molar-refractivity contribution >= 4 is 23.4 Å². The second kappa shape index (κ2) is 9.10. The van der Waals surface area contributed by atoms with E-state index in [0.717, 1.165) is 12.8 Å². The number of rotatable bonds is 6. The van der Waals surface area contributed by atoms with E-state index in [1.165, 1.54) is 0 Å². The lowest BCUT2D eigenvalue weighted by Crippen LogP contribution is -2.46. The van der Waals surface area contributed by atoms with E-state index in [1.54, 1.807) is 55.3 Å². The first kappa shape index (κ1) is 20.2. The van der Waals surface area contributed by atoms with Gasteiger partial charge in [-0.15, -0.1) is 0 Å². The molecule has 1 aromatic carbocycles. The third-order valence-corrected chi connectivity index (χ3v) is 5.14. The van der Waals surface area contributed by atoms with E-state index in [9.17, 15) is 9.59 Å². The fraction of sp³-hybridized carbons (Fsp3) is 0.450. The highest BCUT2D eigenvalue weighted by Gasteiger charge is 2.27. The number of amides is 2. The second-order valence-corrected chi connectivity index (χ2v) is 7.54. The van der Waals surface area contributed by atoms with E-state index in [0.29, 0.717) is 41.9 Å². The Morgan fingerprint density at radius 1 is 1.36 bits per heavy atom. The van der Waals surface area contributed by atoms with E-state index in [2.05, 4.69) is 10.4 Å². The van der Waals surface area contributed by atoms with E-state index in [-0.39, 0.29) is 11.8 Å². The molecule has 1 unspecified atom stereocenters. The van der Waals surface area contributed by atoms with E-state index >= 15 is 0 Å². The summed E-state index contributed by atoms with van der Waals surface area (Å²) in [5, 5.41) is 7.53. The van der Waals surface area contributed by atoms with Gasteiger partial charge in [0.1, 0.15) is 5.75 Å². The molecule has 1 aliphatic heterocycles. The van der Waals surface area contributed by atoms with Gasteiger partial charge in [0.2, 0.25) is 0 Å². The Labute approximate surface area is 169 Å². The van der Waals surface area contributed by atoms with Crippen molar-refractivity contribution < 1.29 is 14.3 Å². The SMILES string of the molecule is CC(Oc1cccc(Cl)c1)C(=O)N1CCC(CNC(=O)c2cnn(C)c2)CC1. The van der Waals surface area contributed by atoms with Crippen molar-refractivity contribution in [1.29, 1.82) is 0 Å². The molecule has 8 heteroatoms. The van der Waals surface area contributed by atoms with Crippen molar-refractivity contribution in [2.75, 3.05) is 19.6 Å². The molecule has 7 nitrogen and oxygen atoms in total. The normalized spacial score (nSPS) is 15.9. The first-order valence-electron chi connectivity index (χ1n) is 9.40. The molecule has 0 radical (unpaired) electrons. The van der Waals surface area contributed by atoms with Gasteiger partial charge in [-0.05, 0) is 43.9 Å². The largest absolute Gasteiger partial charge is 0.481 e. The van der Waals surface area contributed by atoms with Gasteiger partial charge in [-0.1, -0.05) is 17.7 Å². The highest BCUT2D eigenvalue weighted by molar-refractivity contribution is 6.30. The fourth-order valence-electron chi connectivity index (χ4n) is 3.29. The Kier molecular flexibility index (Phi) is 6.57. The monoisotopic (exact) mass is 404 g/mol. The lowest BCUT2D eigenvalue weighted by molar-refractivity contribution is -0.139. The van der Waals surface area contributed by atoms with Crippen molar-refractivity contribution in [3.05, 3.63) is 47.2 Å². The zero-order valence-corrected chi connectivity index (χ0v) is 16.9. The molecule has 1 atom stereocenters. The fourth-order valence-corrected chi connectivity index (χ4v) is 3.47. The quantitative estimate of drug-likeness (QED) is 0.802.